The van der Waals surface area contributed by atoms with Gasteiger partial charge >= 0.3 is 0 Å². The summed E-state index contributed by atoms with van der Waals surface area (Å²) in [7, 11) is 0. The molecule has 2 heterocycles. The van der Waals surface area contributed by atoms with Gasteiger partial charge in [-0.2, -0.15) is 0 Å². The number of nitrogens with zero attached hydrogens (tertiary/aromatic N) is 2. The molecule has 3 aromatic rings. The zero-order valence-corrected chi connectivity index (χ0v) is 17.5. The highest BCUT2D eigenvalue weighted by molar-refractivity contribution is 7.13. The Labute approximate surface area is 182 Å². The monoisotopic (exact) mass is 447 g/mol. The number of thiazole rings is 1. The summed E-state index contributed by atoms with van der Waals surface area (Å²) in [6.07, 6.45) is 0. The van der Waals surface area contributed by atoms with Crippen molar-refractivity contribution in [2.45, 2.75) is 6.61 Å². The van der Waals surface area contributed by atoms with E-state index in [1.54, 1.807) is 28.6 Å². The smallest absolute Gasteiger partial charge is 0.285 e. The Hall–Kier alpha value is -2.52. The molecule has 9 heteroatoms. The Morgan fingerprint density at radius 2 is 2.07 bits per heavy atom. The summed E-state index contributed by atoms with van der Waals surface area (Å²) in [6.45, 7) is 2.61. The average Bonchev–Trinajstić information content (AvgIpc) is 3.24. The van der Waals surface area contributed by atoms with E-state index in [9.17, 15) is 9.18 Å². The van der Waals surface area contributed by atoms with E-state index in [4.69, 9.17) is 21.1 Å². The number of halogens is 2. The van der Waals surface area contributed by atoms with E-state index in [1.807, 2.05) is 18.2 Å². The van der Waals surface area contributed by atoms with E-state index in [0.29, 0.717) is 47.6 Å². The topological polar surface area (TPSA) is 63.7 Å². The Balaban J connectivity index is 1.42. The minimum absolute atomic E-state index is 0.238. The summed E-state index contributed by atoms with van der Waals surface area (Å²) in [5.41, 5.74) is 4.18. The molecule has 0 unspecified atom stereocenters. The molecule has 1 aliphatic heterocycles. The van der Waals surface area contributed by atoms with E-state index >= 15 is 0 Å². The van der Waals surface area contributed by atoms with Crippen molar-refractivity contribution in [3.8, 4) is 16.3 Å². The van der Waals surface area contributed by atoms with Gasteiger partial charge in [0.1, 0.15) is 28.9 Å². The lowest BCUT2D eigenvalue weighted by atomic mass is 10.2. The van der Waals surface area contributed by atoms with Crippen LogP contribution in [-0.2, 0) is 11.3 Å². The number of benzene rings is 2. The molecule has 1 amide bonds. The predicted octanol–water partition coefficient (Wildman–Crippen LogP) is 4.16. The molecule has 1 aromatic heterocycles. The highest BCUT2D eigenvalue weighted by Crippen LogP contribution is 2.29. The van der Waals surface area contributed by atoms with Crippen LogP contribution in [0.4, 0.5) is 4.39 Å². The first-order valence-electron chi connectivity index (χ1n) is 9.35. The fraction of sp³-hybridized carbons (Fsp3) is 0.238. The maximum Gasteiger partial charge on any atom is 0.285 e. The number of carbonyl (C=O) groups is 1. The number of aromatic nitrogens is 1. The summed E-state index contributed by atoms with van der Waals surface area (Å²) in [5.74, 6) is -0.404. The minimum atomic E-state index is -0.471. The summed E-state index contributed by atoms with van der Waals surface area (Å²) >= 11 is 7.33. The first-order chi connectivity index (χ1) is 14.6. The van der Waals surface area contributed by atoms with Gasteiger partial charge in [-0.15, -0.1) is 11.3 Å². The summed E-state index contributed by atoms with van der Waals surface area (Å²) in [5, 5.41) is 4.43. The number of hydrazine groups is 1. The second-order valence-corrected chi connectivity index (χ2v) is 7.87. The second kappa shape index (κ2) is 9.53. The highest BCUT2D eigenvalue weighted by atomic mass is 35.5. The molecule has 0 saturated carbocycles. The predicted molar refractivity (Wildman–Crippen MR) is 113 cm³/mol. The molecule has 0 spiro atoms. The number of hydrogen-bond acceptors (Lipinski definition) is 6. The number of morpholine rings is 1. The average molecular weight is 448 g/mol. The molecule has 2 aromatic carbocycles. The first kappa shape index (κ1) is 20.7. The van der Waals surface area contributed by atoms with Gasteiger partial charge in [-0.1, -0.05) is 29.8 Å². The van der Waals surface area contributed by atoms with Gasteiger partial charge < -0.3 is 9.47 Å². The molecule has 30 heavy (non-hydrogen) atoms. The normalized spacial score (nSPS) is 14.5. The van der Waals surface area contributed by atoms with Crippen LogP contribution in [-0.4, -0.2) is 42.2 Å². The minimum Gasteiger partial charge on any atom is -0.489 e. The Bertz CT molecular complexity index is 1040. The third-order valence-electron chi connectivity index (χ3n) is 4.53. The van der Waals surface area contributed by atoms with Crippen LogP contribution in [0, 0.1) is 5.82 Å². The molecule has 6 nitrogen and oxygen atoms in total. The fourth-order valence-electron chi connectivity index (χ4n) is 2.91. The Morgan fingerprint density at radius 1 is 1.27 bits per heavy atom. The van der Waals surface area contributed by atoms with Crippen LogP contribution in [0.3, 0.4) is 0 Å². The Kier molecular flexibility index (Phi) is 6.59. The second-order valence-electron chi connectivity index (χ2n) is 6.60. The zero-order chi connectivity index (χ0) is 20.9. The van der Waals surface area contributed by atoms with Crippen molar-refractivity contribution in [2.24, 2.45) is 0 Å². The Morgan fingerprint density at radius 3 is 2.83 bits per heavy atom. The van der Waals surface area contributed by atoms with Crippen molar-refractivity contribution >= 4 is 28.8 Å². The number of ether oxygens (including phenoxy) is 2. The van der Waals surface area contributed by atoms with Crippen molar-refractivity contribution in [3.63, 3.8) is 0 Å². The number of amides is 1. The molecule has 1 N–H and O–H groups in total. The molecule has 0 atom stereocenters. The molecule has 1 aliphatic rings. The number of carbonyl (C=O) groups excluding carboxylic acids is 1. The number of rotatable bonds is 6. The third-order valence-corrected chi connectivity index (χ3v) is 5.77. The van der Waals surface area contributed by atoms with Gasteiger partial charge in [-0.05, 0) is 18.2 Å². The SMILES string of the molecule is O=C(NN1CCOCC1)c1csc(-c2ccc(OCc3ccccc3Cl)cc2F)n1. The van der Waals surface area contributed by atoms with Crippen LogP contribution in [0.15, 0.2) is 47.8 Å². The first-order valence-corrected chi connectivity index (χ1v) is 10.6. The van der Waals surface area contributed by atoms with Crippen molar-refractivity contribution in [1.82, 2.24) is 15.4 Å². The van der Waals surface area contributed by atoms with Gasteiger partial charge in [-0.3, -0.25) is 10.2 Å². The van der Waals surface area contributed by atoms with Crippen molar-refractivity contribution < 1.29 is 18.7 Å². The van der Waals surface area contributed by atoms with Crippen molar-refractivity contribution in [3.05, 3.63) is 69.9 Å². The van der Waals surface area contributed by atoms with Gasteiger partial charge in [0.05, 0.1) is 13.2 Å². The molecular weight excluding hydrogens is 429 g/mol. The van der Waals surface area contributed by atoms with Crippen LogP contribution >= 0.6 is 22.9 Å². The van der Waals surface area contributed by atoms with Gasteiger partial charge in [0.25, 0.3) is 5.91 Å². The van der Waals surface area contributed by atoms with Crippen LogP contribution in [0.5, 0.6) is 5.75 Å². The summed E-state index contributed by atoms with van der Waals surface area (Å²) in [6, 6.07) is 11.9. The van der Waals surface area contributed by atoms with Gasteiger partial charge in [0.2, 0.25) is 0 Å². The molecule has 156 valence electrons. The van der Waals surface area contributed by atoms with E-state index in [2.05, 4.69) is 10.4 Å². The van der Waals surface area contributed by atoms with E-state index in [0.717, 1.165) is 5.56 Å². The number of hydrogen-bond donors (Lipinski definition) is 1. The van der Waals surface area contributed by atoms with Crippen LogP contribution in [0.25, 0.3) is 10.6 Å². The highest BCUT2D eigenvalue weighted by Gasteiger charge is 2.18. The molecule has 1 saturated heterocycles. The van der Waals surface area contributed by atoms with Crippen LogP contribution in [0.2, 0.25) is 5.02 Å². The lowest BCUT2D eigenvalue weighted by molar-refractivity contribution is 0.0125. The lowest BCUT2D eigenvalue weighted by Gasteiger charge is -2.26. The van der Waals surface area contributed by atoms with E-state index in [-0.39, 0.29) is 18.2 Å². The number of nitrogens with one attached hydrogen (secondary N) is 1. The molecular formula is C21H19ClFN3O3S. The van der Waals surface area contributed by atoms with E-state index < -0.39 is 5.82 Å². The molecule has 1 fully saturated rings. The van der Waals surface area contributed by atoms with Crippen LogP contribution in [0.1, 0.15) is 16.1 Å². The molecule has 4 rings (SSSR count). The largest absolute Gasteiger partial charge is 0.489 e. The van der Waals surface area contributed by atoms with Crippen LogP contribution < -0.4 is 10.2 Å². The lowest BCUT2D eigenvalue weighted by Crippen LogP contribution is -2.48. The maximum atomic E-state index is 14.7. The maximum absolute atomic E-state index is 14.7. The third kappa shape index (κ3) is 4.96. The zero-order valence-electron chi connectivity index (χ0n) is 15.9. The van der Waals surface area contributed by atoms with Gasteiger partial charge in [-0.25, -0.2) is 14.4 Å². The molecule has 0 radical (unpaired) electrons. The molecule has 0 bridgehead atoms. The molecule has 0 aliphatic carbocycles. The summed E-state index contributed by atoms with van der Waals surface area (Å²) < 4.78 is 25.6. The summed E-state index contributed by atoms with van der Waals surface area (Å²) in [4.78, 5) is 16.7. The fourth-order valence-corrected chi connectivity index (χ4v) is 3.93. The van der Waals surface area contributed by atoms with Gasteiger partial charge in [0.15, 0.2) is 0 Å². The van der Waals surface area contributed by atoms with Crippen molar-refractivity contribution in [2.75, 3.05) is 26.3 Å². The van der Waals surface area contributed by atoms with E-state index in [1.165, 1.54) is 17.4 Å². The van der Waals surface area contributed by atoms with Crippen molar-refractivity contribution in [1.29, 1.82) is 0 Å². The quantitative estimate of drug-likeness (QED) is 0.614. The standard InChI is InChI=1S/C21H19ClFN3O3S/c22-17-4-2-1-3-14(17)12-29-15-5-6-16(18(23)11-15)21-24-19(13-30-21)20(27)25-26-7-9-28-10-8-26/h1-6,11,13H,7-10,12H2,(H,25,27). The van der Waals surface area contributed by atoms with Gasteiger partial charge in [0, 0.05) is 40.7 Å².